The van der Waals surface area contributed by atoms with E-state index in [9.17, 15) is 20.1 Å². The van der Waals surface area contributed by atoms with E-state index in [-0.39, 0.29) is 71.7 Å². The fourth-order valence-corrected chi connectivity index (χ4v) is 6.23. The summed E-state index contributed by atoms with van der Waals surface area (Å²) >= 11 is 0. The van der Waals surface area contributed by atoms with Gasteiger partial charge in [-0.1, -0.05) is 91.2 Å². The Hall–Kier alpha value is -6.34. The minimum atomic E-state index is -0.557. The maximum Gasteiger partial charge on any atom is 0.333 e. The van der Waals surface area contributed by atoms with E-state index in [1.807, 2.05) is 25.1 Å². The van der Waals surface area contributed by atoms with Crippen LogP contribution in [-0.4, -0.2) is 51.5 Å². The number of rotatable bonds is 29. The van der Waals surface area contributed by atoms with Crippen molar-refractivity contribution in [3.63, 3.8) is 0 Å². The highest BCUT2D eigenvalue weighted by atomic mass is 16.6. The molecule has 0 atom stereocenters. The molecule has 0 aliphatic rings. The number of ether oxygens (including phenoxy) is 4. The third-order valence-electron chi connectivity index (χ3n) is 9.77. The Morgan fingerprint density at radius 2 is 1.06 bits per heavy atom. The summed E-state index contributed by atoms with van der Waals surface area (Å²) in [5.74, 6) is -0.673. The van der Waals surface area contributed by atoms with Crippen LogP contribution in [0.15, 0.2) is 93.3 Å². The zero-order chi connectivity index (χ0) is 45.1. The zero-order valence-corrected chi connectivity index (χ0v) is 37.3. The number of benzene rings is 3. The summed E-state index contributed by atoms with van der Waals surface area (Å²) in [6, 6.07) is 17.9. The molecule has 3 aromatic rings. The van der Waals surface area contributed by atoms with Gasteiger partial charge >= 0.3 is 11.9 Å². The van der Waals surface area contributed by atoms with E-state index >= 15 is 0 Å². The molecule has 0 unspecified atom stereocenters. The van der Waals surface area contributed by atoms with Crippen molar-refractivity contribution in [1.82, 2.24) is 0 Å². The Balaban J connectivity index is 2.00. The van der Waals surface area contributed by atoms with Crippen molar-refractivity contribution in [2.75, 3.05) is 44.4 Å². The first-order valence-corrected chi connectivity index (χ1v) is 21.7. The molecule has 0 aliphatic heterocycles. The molecule has 13 nitrogen and oxygen atoms in total. The first-order chi connectivity index (χ1) is 30.0. The van der Waals surface area contributed by atoms with Crippen LogP contribution < -0.4 is 14.4 Å². The predicted molar refractivity (Wildman–Crippen MR) is 243 cm³/mol. The Kier molecular flexibility index (Phi) is 22.8. The molecule has 3 aromatic carbocycles. The second-order valence-electron chi connectivity index (χ2n) is 15.2. The fourth-order valence-electron chi connectivity index (χ4n) is 6.23. The minimum absolute atomic E-state index is 0.0375. The highest BCUT2D eigenvalue weighted by molar-refractivity contribution is 5.87. The maximum atomic E-state index is 12.1. The number of aryl methyl sites for hydroxylation is 1. The van der Waals surface area contributed by atoms with Gasteiger partial charge in [0.2, 0.25) is 0 Å². The van der Waals surface area contributed by atoms with Gasteiger partial charge in [0, 0.05) is 42.1 Å². The molecule has 0 aromatic heterocycles. The lowest BCUT2D eigenvalue weighted by Crippen LogP contribution is -2.25. The smallest absolute Gasteiger partial charge is 0.333 e. The lowest BCUT2D eigenvalue weighted by Gasteiger charge is -2.26. The second kappa shape index (κ2) is 28.2. The van der Waals surface area contributed by atoms with Crippen LogP contribution in [0.1, 0.15) is 121 Å². The summed E-state index contributed by atoms with van der Waals surface area (Å²) in [5, 5.41) is 37.0. The molecule has 0 spiro atoms. The van der Waals surface area contributed by atoms with Crippen LogP contribution in [0.25, 0.3) is 0 Å². The third-order valence-corrected chi connectivity index (χ3v) is 9.77. The summed E-state index contributed by atoms with van der Waals surface area (Å²) in [5.41, 5.74) is 4.42. The molecule has 0 amide bonds. The van der Waals surface area contributed by atoms with Gasteiger partial charge in [-0.25, -0.2) is 9.59 Å². The van der Waals surface area contributed by atoms with Crippen LogP contribution in [0.2, 0.25) is 0 Å². The molecular formula is C49H63N7O6. The summed E-state index contributed by atoms with van der Waals surface area (Å²) in [6.45, 7) is 18.6. The van der Waals surface area contributed by atoms with E-state index in [0.717, 1.165) is 37.2 Å². The van der Waals surface area contributed by atoms with E-state index in [1.54, 1.807) is 26.0 Å². The fraction of sp³-hybridized carbons (Fsp3) is 0.469. The molecule has 0 saturated carbocycles. The van der Waals surface area contributed by atoms with Crippen LogP contribution in [0.4, 0.5) is 28.4 Å². The molecule has 0 radical (unpaired) electrons. The van der Waals surface area contributed by atoms with E-state index in [1.165, 1.54) is 82.4 Å². The average molecular weight is 846 g/mol. The van der Waals surface area contributed by atoms with Gasteiger partial charge < -0.3 is 23.8 Å². The number of nitrogens with zero attached hydrogens (tertiary/aromatic N) is 7. The Bertz CT molecular complexity index is 2080. The standard InChI is InChI=1S/C49H63N7O6/c1-8-10-12-14-16-18-24-56(25-19-17-15-13-11-9-2)41-21-23-42(38(7)30-41)52-54-44-32-47(60-27-29-62-49(58)37(5)6)45(33-46(44)59-26-28-61-48(57)36(3)4)55-53-43-22-20-39(34-50)31-40(43)35-51/h20-23,30-33H,3,5,8-19,24-29H2,1-2,4,6-7H3/b54-52+,55-53+. The zero-order valence-electron chi connectivity index (χ0n) is 37.3. The summed E-state index contributed by atoms with van der Waals surface area (Å²) in [6.07, 6.45) is 14.9. The highest BCUT2D eigenvalue weighted by Gasteiger charge is 2.16. The molecule has 0 N–H and O–H groups in total. The van der Waals surface area contributed by atoms with Crippen molar-refractivity contribution >= 4 is 40.4 Å². The molecular weight excluding hydrogens is 783 g/mol. The van der Waals surface area contributed by atoms with Gasteiger partial charge in [0.1, 0.15) is 61.1 Å². The van der Waals surface area contributed by atoms with Crippen molar-refractivity contribution in [1.29, 1.82) is 10.5 Å². The van der Waals surface area contributed by atoms with Crippen LogP contribution in [0, 0.1) is 29.6 Å². The Labute approximate surface area is 368 Å². The van der Waals surface area contributed by atoms with Gasteiger partial charge in [0.25, 0.3) is 0 Å². The SMILES string of the molecule is C=C(C)C(=O)OCCOc1cc(/N=N/c2ccc(C#N)cc2C#N)c(OCCOC(=O)C(=C)C)cc1/N=N/c1ccc(N(CCCCCCCC)CCCCCCCC)cc1C. The van der Waals surface area contributed by atoms with Crippen molar-refractivity contribution in [3.05, 3.63) is 89.5 Å². The van der Waals surface area contributed by atoms with Crippen LogP contribution in [-0.2, 0) is 19.1 Å². The van der Waals surface area contributed by atoms with Crippen molar-refractivity contribution in [2.24, 2.45) is 20.5 Å². The molecule has 0 heterocycles. The molecule has 13 heteroatoms. The maximum absolute atomic E-state index is 12.1. The summed E-state index contributed by atoms with van der Waals surface area (Å²) < 4.78 is 22.6. The number of carbonyl (C=O) groups excluding carboxylic acids is 2. The number of nitriles is 2. The number of hydrogen-bond donors (Lipinski definition) is 0. The first kappa shape index (κ1) is 50.0. The number of hydrogen-bond acceptors (Lipinski definition) is 13. The lowest BCUT2D eigenvalue weighted by atomic mass is 10.1. The van der Waals surface area contributed by atoms with E-state index in [0.29, 0.717) is 11.3 Å². The quantitative estimate of drug-likeness (QED) is 0.0285. The second-order valence-corrected chi connectivity index (χ2v) is 15.2. The van der Waals surface area contributed by atoms with Crippen molar-refractivity contribution < 1.29 is 28.5 Å². The average Bonchev–Trinajstić information content (AvgIpc) is 3.27. The number of carbonyl (C=O) groups is 2. The first-order valence-electron chi connectivity index (χ1n) is 21.7. The van der Waals surface area contributed by atoms with E-state index in [2.05, 4.69) is 64.5 Å². The lowest BCUT2D eigenvalue weighted by molar-refractivity contribution is -0.140. The van der Waals surface area contributed by atoms with Crippen LogP contribution >= 0.6 is 0 Å². The molecule has 0 saturated heterocycles. The highest BCUT2D eigenvalue weighted by Crippen LogP contribution is 2.42. The normalized spacial score (nSPS) is 11.0. The molecule has 62 heavy (non-hydrogen) atoms. The Morgan fingerprint density at radius 1 is 0.597 bits per heavy atom. The topological polar surface area (TPSA) is 171 Å². The Morgan fingerprint density at radius 3 is 1.53 bits per heavy atom. The van der Waals surface area contributed by atoms with Gasteiger partial charge in [0.05, 0.1) is 22.9 Å². The molecule has 330 valence electrons. The number of azo groups is 2. The van der Waals surface area contributed by atoms with Gasteiger partial charge in [-0.3, -0.25) is 0 Å². The summed E-state index contributed by atoms with van der Waals surface area (Å²) in [4.78, 5) is 26.6. The molecule has 0 bridgehead atoms. The van der Waals surface area contributed by atoms with Crippen LogP contribution in [0.5, 0.6) is 11.5 Å². The largest absolute Gasteiger partial charge is 0.488 e. The van der Waals surface area contributed by atoms with Crippen molar-refractivity contribution in [2.45, 2.75) is 112 Å². The molecule has 3 rings (SSSR count). The summed E-state index contributed by atoms with van der Waals surface area (Å²) in [7, 11) is 0. The third kappa shape index (κ3) is 17.7. The predicted octanol–water partition coefficient (Wildman–Crippen LogP) is 13.1. The minimum Gasteiger partial charge on any atom is -0.488 e. The van der Waals surface area contributed by atoms with Gasteiger partial charge in [0.15, 0.2) is 0 Å². The number of unbranched alkanes of at least 4 members (excludes halogenated alkanes) is 10. The van der Waals surface area contributed by atoms with Crippen molar-refractivity contribution in [3.8, 4) is 23.6 Å². The number of anilines is 1. The number of esters is 2. The monoisotopic (exact) mass is 845 g/mol. The van der Waals surface area contributed by atoms with Gasteiger partial charge in [-0.05, 0) is 75.6 Å². The van der Waals surface area contributed by atoms with Crippen LogP contribution in [0.3, 0.4) is 0 Å². The molecule has 0 aliphatic carbocycles. The van der Waals surface area contributed by atoms with E-state index < -0.39 is 11.9 Å². The molecule has 0 fully saturated rings. The van der Waals surface area contributed by atoms with E-state index in [4.69, 9.17) is 18.9 Å². The van der Waals surface area contributed by atoms with Gasteiger partial charge in [-0.2, -0.15) is 15.6 Å². The van der Waals surface area contributed by atoms with Gasteiger partial charge in [-0.15, -0.1) is 15.3 Å².